The molecule has 0 aliphatic carbocycles. The van der Waals surface area contributed by atoms with E-state index in [1.54, 1.807) is 37.5 Å². The van der Waals surface area contributed by atoms with Crippen molar-refractivity contribution < 1.29 is 19.1 Å². The zero-order valence-corrected chi connectivity index (χ0v) is 17.5. The van der Waals surface area contributed by atoms with Crippen molar-refractivity contribution in [3.8, 4) is 11.5 Å². The number of hydrogen-bond acceptors (Lipinski definition) is 5. The number of carbonyl (C=O) groups is 2. The quantitative estimate of drug-likeness (QED) is 0.725. The number of ether oxygens (including phenoxy) is 2. The maximum Gasteiger partial charge on any atom is 0.242 e. The van der Waals surface area contributed by atoms with Crippen LogP contribution in [0.15, 0.2) is 36.9 Å². The number of para-hydroxylation sites is 1. The number of benzene rings is 1. The number of imidazole rings is 1. The monoisotopic (exact) mass is 412 g/mol. The van der Waals surface area contributed by atoms with Crippen molar-refractivity contribution >= 4 is 11.8 Å². The molecule has 3 heterocycles. The van der Waals surface area contributed by atoms with E-state index in [-0.39, 0.29) is 18.4 Å². The van der Waals surface area contributed by atoms with Gasteiger partial charge in [-0.05, 0) is 25.3 Å². The van der Waals surface area contributed by atoms with Crippen molar-refractivity contribution in [2.45, 2.75) is 32.4 Å². The highest BCUT2D eigenvalue weighted by Gasteiger charge is 2.49. The van der Waals surface area contributed by atoms with E-state index in [0.29, 0.717) is 44.1 Å². The largest absolute Gasteiger partial charge is 0.493 e. The smallest absolute Gasteiger partial charge is 0.242 e. The van der Waals surface area contributed by atoms with Crippen LogP contribution in [0.1, 0.15) is 24.8 Å². The number of likely N-dealkylation sites (tertiary alicyclic amines) is 2. The Morgan fingerprint density at radius 3 is 2.80 bits per heavy atom. The minimum atomic E-state index is -0.477. The molecule has 0 saturated carbocycles. The van der Waals surface area contributed by atoms with E-state index < -0.39 is 5.41 Å². The highest BCUT2D eigenvalue weighted by atomic mass is 16.5. The van der Waals surface area contributed by atoms with Gasteiger partial charge in [0, 0.05) is 44.1 Å². The number of carbonyl (C=O) groups excluding carboxylic acids is 2. The molecule has 1 aromatic heterocycles. The normalized spacial score (nSPS) is 21.3. The summed E-state index contributed by atoms with van der Waals surface area (Å²) in [4.78, 5) is 33.9. The Bertz CT molecular complexity index is 914. The Morgan fingerprint density at radius 2 is 2.07 bits per heavy atom. The SMILES string of the molecule is COc1cccc(CN2CCC[C@]3(CCN(C(=O)Cn4ccnc4)C3)C2=O)c1OC. The van der Waals surface area contributed by atoms with Gasteiger partial charge in [0.15, 0.2) is 11.5 Å². The molecule has 2 aliphatic heterocycles. The number of methoxy groups -OCH3 is 2. The molecule has 2 aromatic rings. The number of hydrogen-bond donors (Lipinski definition) is 0. The fourth-order valence-corrected chi connectivity index (χ4v) is 4.69. The molecule has 2 saturated heterocycles. The van der Waals surface area contributed by atoms with E-state index in [9.17, 15) is 9.59 Å². The summed E-state index contributed by atoms with van der Waals surface area (Å²) in [7, 11) is 3.22. The molecule has 1 spiro atoms. The van der Waals surface area contributed by atoms with E-state index in [0.717, 1.165) is 18.4 Å². The van der Waals surface area contributed by atoms with Crippen molar-refractivity contribution in [1.82, 2.24) is 19.4 Å². The second-order valence-electron chi connectivity index (χ2n) is 8.06. The van der Waals surface area contributed by atoms with Crippen molar-refractivity contribution in [2.24, 2.45) is 5.41 Å². The van der Waals surface area contributed by atoms with Crippen LogP contribution in [0.5, 0.6) is 11.5 Å². The molecule has 30 heavy (non-hydrogen) atoms. The van der Waals surface area contributed by atoms with Gasteiger partial charge < -0.3 is 23.8 Å². The molecule has 1 atom stereocenters. The summed E-state index contributed by atoms with van der Waals surface area (Å²) in [6.07, 6.45) is 7.55. The number of rotatable bonds is 6. The van der Waals surface area contributed by atoms with Gasteiger partial charge in [0.25, 0.3) is 0 Å². The molecule has 0 bridgehead atoms. The summed E-state index contributed by atoms with van der Waals surface area (Å²) < 4.78 is 12.7. The van der Waals surface area contributed by atoms with Crippen LogP contribution in [-0.2, 0) is 22.7 Å². The van der Waals surface area contributed by atoms with Gasteiger partial charge in [-0.2, -0.15) is 0 Å². The summed E-state index contributed by atoms with van der Waals surface area (Å²) in [6, 6.07) is 5.72. The lowest BCUT2D eigenvalue weighted by Crippen LogP contribution is -2.50. The van der Waals surface area contributed by atoms with Gasteiger partial charge in [-0.1, -0.05) is 12.1 Å². The summed E-state index contributed by atoms with van der Waals surface area (Å²) in [5.41, 5.74) is 0.447. The molecule has 8 nitrogen and oxygen atoms in total. The third kappa shape index (κ3) is 3.74. The summed E-state index contributed by atoms with van der Waals surface area (Å²) in [5, 5.41) is 0. The van der Waals surface area contributed by atoms with Crippen LogP contribution in [0.2, 0.25) is 0 Å². The molecular formula is C22H28N4O4. The van der Waals surface area contributed by atoms with Crippen molar-refractivity contribution in [3.63, 3.8) is 0 Å². The standard InChI is InChI=1S/C22H28N4O4/c1-29-18-6-3-5-17(20(18)30-2)13-25-10-4-7-22(21(25)28)8-11-26(15-22)19(27)14-24-12-9-23-16-24/h3,5-6,9,12,16H,4,7-8,10-11,13-15H2,1-2H3/t22-/m1/s1. The Morgan fingerprint density at radius 1 is 1.20 bits per heavy atom. The van der Waals surface area contributed by atoms with E-state index in [1.165, 1.54) is 0 Å². The Kier molecular flexibility index (Phi) is 5.65. The molecule has 4 rings (SSSR count). The Hall–Kier alpha value is -3.03. The fraction of sp³-hybridized carbons (Fsp3) is 0.500. The van der Waals surface area contributed by atoms with Crippen LogP contribution in [0.4, 0.5) is 0 Å². The molecular weight excluding hydrogens is 384 g/mol. The van der Waals surface area contributed by atoms with Crippen LogP contribution in [0.3, 0.4) is 0 Å². The van der Waals surface area contributed by atoms with Crippen LogP contribution >= 0.6 is 0 Å². The molecule has 0 radical (unpaired) electrons. The van der Waals surface area contributed by atoms with Gasteiger partial charge in [-0.3, -0.25) is 9.59 Å². The first-order chi connectivity index (χ1) is 14.6. The summed E-state index contributed by atoms with van der Waals surface area (Å²) >= 11 is 0. The van der Waals surface area contributed by atoms with Crippen molar-refractivity contribution in [1.29, 1.82) is 0 Å². The van der Waals surface area contributed by atoms with E-state index in [2.05, 4.69) is 4.98 Å². The predicted octanol–water partition coefficient (Wildman–Crippen LogP) is 1.94. The van der Waals surface area contributed by atoms with Crippen molar-refractivity contribution in [2.75, 3.05) is 33.9 Å². The van der Waals surface area contributed by atoms with Crippen LogP contribution < -0.4 is 9.47 Å². The molecule has 2 fully saturated rings. The molecule has 8 heteroatoms. The first kappa shape index (κ1) is 20.3. The zero-order chi connectivity index (χ0) is 21.1. The molecule has 1 aromatic carbocycles. The number of aromatic nitrogens is 2. The second kappa shape index (κ2) is 8.38. The van der Waals surface area contributed by atoms with E-state index >= 15 is 0 Å². The van der Waals surface area contributed by atoms with E-state index in [4.69, 9.17) is 9.47 Å². The van der Waals surface area contributed by atoms with Gasteiger partial charge in [0.2, 0.25) is 11.8 Å². The van der Waals surface area contributed by atoms with Crippen LogP contribution in [-0.4, -0.2) is 65.0 Å². The maximum absolute atomic E-state index is 13.5. The van der Waals surface area contributed by atoms with E-state index in [1.807, 2.05) is 28.0 Å². The Balaban J connectivity index is 1.47. The Labute approximate surface area is 176 Å². The van der Waals surface area contributed by atoms with Gasteiger partial charge >= 0.3 is 0 Å². The van der Waals surface area contributed by atoms with Gasteiger partial charge in [0.05, 0.1) is 26.0 Å². The second-order valence-corrected chi connectivity index (χ2v) is 8.06. The zero-order valence-electron chi connectivity index (χ0n) is 17.5. The maximum atomic E-state index is 13.5. The topological polar surface area (TPSA) is 76.9 Å². The average Bonchev–Trinajstić information content (AvgIpc) is 3.42. The predicted molar refractivity (Wildman–Crippen MR) is 110 cm³/mol. The number of nitrogens with zero attached hydrogens (tertiary/aromatic N) is 4. The van der Waals surface area contributed by atoms with Crippen LogP contribution in [0, 0.1) is 5.41 Å². The highest BCUT2D eigenvalue weighted by Crippen LogP contribution is 2.41. The molecule has 0 unspecified atom stereocenters. The summed E-state index contributed by atoms with van der Waals surface area (Å²) in [6.45, 7) is 2.56. The third-order valence-corrected chi connectivity index (χ3v) is 6.25. The van der Waals surface area contributed by atoms with Crippen molar-refractivity contribution in [3.05, 3.63) is 42.5 Å². The molecule has 160 valence electrons. The average molecular weight is 412 g/mol. The first-order valence-corrected chi connectivity index (χ1v) is 10.3. The van der Waals surface area contributed by atoms with Gasteiger partial charge in [-0.15, -0.1) is 0 Å². The third-order valence-electron chi connectivity index (χ3n) is 6.25. The molecule has 0 N–H and O–H groups in total. The summed E-state index contributed by atoms with van der Waals surface area (Å²) in [5.74, 6) is 1.49. The lowest BCUT2D eigenvalue weighted by atomic mass is 9.78. The molecule has 2 aliphatic rings. The van der Waals surface area contributed by atoms with Gasteiger partial charge in [-0.25, -0.2) is 4.98 Å². The lowest BCUT2D eigenvalue weighted by molar-refractivity contribution is -0.146. The van der Waals surface area contributed by atoms with Gasteiger partial charge in [0.1, 0.15) is 6.54 Å². The first-order valence-electron chi connectivity index (χ1n) is 10.3. The number of amides is 2. The molecule has 2 amide bonds. The minimum Gasteiger partial charge on any atom is -0.493 e. The fourth-order valence-electron chi connectivity index (χ4n) is 4.69. The number of piperidine rings is 1. The van der Waals surface area contributed by atoms with Crippen LogP contribution in [0.25, 0.3) is 0 Å². The highest BCUT2D eigenvalue weighted by molar-refractivity contribution is 5.86. The minimum absolute atomic E-state index is 0.0317. The lowest BCUT2D eigenvalue weighted by Gasteiger charge is -2.39.